The number of hydrogen-bond donors (Lipinski definition) is 1. The van der Waals surface area contributed by atoms with Crippen LogP contribution in [-0.2, 0) is 0 Å². The van der Waals surface area contributed by atoms with Crippen molar-refractivity contribution < 1.29 is 9.18 Å². The maximum absolute atomic E-state index is 13.6. The van der Waals surface area contributed by atoms with Crippen molar-refractivity contribution in [1.29, 1.82) is 0 Å². The number of carbonyl (C=O) groups is 1. The van der Waals surface area contributed by atoms with E-state index in [0.29, 0.717) is 23.3 Å². The van der Waals surface area contributed by atoms with Crippen LogP contribution < -0.4 is 5.32 Å². The molecule has 0 bridgehead atoms. The van der Waals surface area contributed by atoms with Crippen LogP contribution >= 0.6 is 0 Å². The van der Waals surface area contributed by atoms with Gasteiger partial charge in [-0.1, -0.05) is 31.6 Å². The first kappa shape index (κ1) is 21.7. The van der Waals surface area contributed by atoms with Crippen LogP contribution in [0.1, 0.15) is 69.2 Å². The van der Waals surface area contributed by atoms with Gasteiger partial charge in [0.05, 0.1) is 24.2 Å². The minimum Gasteiger partial charge on any atom is -0.349 e. The van der Waals surface area contributed by atoms with Crippen LogP contribution in [0.15, 0.2) is 48.7 Å². The highest BCUT2D eigenvalue weighted by Crippen LogP contribution is 2.65. The fourth-order valence-corrected chi connectivity index (χ4v) is 7.85. The second-order valence-corrected chi connectivity index (χ2v) is 11.2. The van der Waals surface area contributed by atoms with E-state index in [-0.39, 0.29) is 22.8 Å². The molecule has 2 aromatic rings. The van der Waals surface area contributed by atoms with Gasteiger partial charge in [0.15, 0.2) is 0 Å². The average Bonchev–Trinajstić information content (AvgIpc) is 3.42. The normalized spacial score (nSPS) is 36.6. The third-order valence-corrected chi connectivity index (χ3v) is 9.65. The Labute approximate surface area is 199 Å². The zero-order chi connectivity index (χ0) is 23.5. The number of fused-ring (bicyclic) bond motifs is 5. The lowest BCUT2D eigenvalue weighted by atomic mass is 9.47. The standard InChI is InChI=1S/C27H32FN5O/c1-26-10-7-19(32-25(34)17-9-12-30-31-14-17)13-18(26)3-4-20-21-5-6-23(33-15-24(28)29-16-33)27(21,2)11-8-22(20)26/h3,6,9,12,14-16,19-22H,4-5,7-8,10-11,13H2,1-2H3,(H,32,34)/t19-,20?,21?,22?,26-,27-/m0/s1. The Morgan fingerprint density at radius 1 is 1.12 bits per heavy atom. The first-order chi connectivity index (χ1) is 16.4. The largest absolute Gasteiger partial charge is 0.349 e. The van der Waals surface area contributed by atoms with Gasteiger partial charge in [0.1, 0.15) is 6.33 Å². The van der Waals surface area contributed by atoms with E-state index in [1.54, 1.807) is 18.6 Å². The van der Waals surface area contributed by atoms with Crippen molar-refractivity contribution in [2.24, 2.45) is 28.6 Å². The maximum atomic E-state index is 13.6. The molecule has 6 nitrogen and oxygen atoms in total. The third kappa shape index (κ3) is 3.27. The van der Waals surface area contributed by atoms with E-state index in [0.717, 1.165) is 38.5 Å². The Morgan fingerprint density at radius 2 is 1.97 bits per heavy atom. The quantitative estimate of drug-likeness (QED) is 0.651. The SMILES string of the molecule is C[C@]12CC[C@H](NC(=O)c3ccnnc3)CC1=CCC1C2CC[C@]2(C)C(n3cnc(F)c3)=CCC12. The lowest BCUT2D eigenvalue weighted by Crippen LogP contribution is -2.51. The number of hydrogen-bond acceptors (Lipinski definition) is 4. The summed E-state index contributed by atoms with van der Waals surface area (Å²) in [6.07, 6.45) is 18.6. The van der Waals surface area contributed by atoms with Crippen molar-refractivity contribution in [2.75, 3.05) is 0 Å². The molecule has 4 aliphatic rings. The lowest BCUT2D eigenvalue weighted by molar-refractivity contribution is -0.0137. The average molecular weight is 462 g/mol. The van der Waals surface area contributed by atoms with Crippen molar-refractivity contribution in [3.8, 4) is 0 Å². The first-order valence-electron chi connectivity index (χ1n) is 12.6. The second kappa shape index (κ2) is 7.85. The molecule has 7 heteroatoms. The van der Waals surface area contributed by atoms with Crippen LogP contribution in [0, 0.1) is 34.5 Å². The van der Waals surface area contributed by atoms with Gasteiger partial charge in [-0.3, -0.25) is 4.79 Å². The van der Waals surface area contributed by atoms with E-state index in [1.807, 2.05) is 4.57 Å². The predicted octanol–water partition coefficient (Wildman–Crippen LogP) is 5.02. The first-order valence-corrected chi connectivity index (χ1v) is 12.6. The Hall–Kier alpha value is -2.83. The molecule has 2 aromatic heterocycles. The maximum Gasteiger partial charge on any atom is 0.253 e. The summed E-state index contributed by atoms with van der Waals surface area (Å²) in [5, 5.41) is 10.8. The van der Waals surface area contributed by atoms with E-state index in [4.69, 9.17) is 0 Å². The van der Waals surface area contributed by atoms with Gasteiger partial charge >= 0.3 is 0 Å². The molecule has 1 N–H and O–H groups in total. The van der Waals surface area contributed by atoms with Gasteiger partial charge in [-0.25, -0.2) is 4.98 Å². The summed E-state index contributed by atoms with van der Waals surface area (Å²) < 4.78 is 15.6. The highest BCUT2D eigenvalue weighted by molar-refractivity contribution is 5.93. The van der Waals surface area contributed by atoms with Crippen LogP contribution in [0.4, 0.5) is 4.39 Å². The van der Waals surface area contributed by atoms with Crippen molar-refractivity contribution in [1.82, 2.24) is 25.1 Å². The zero-order valence-electron chi connectivity index (χ0n) is 19.9. The summed E-state index contributed by atoms with van der Waals surface area (Å²) in [5.74, 6) is 1.41. The summed E-state index contributed by atoms with van der Waals surface area (Å²) >= 11 is 0. The van der Waals surface area contributed by atoms with Crippen LogP contribution in [-0.4, -0.2) is 31.7 Å². The topological polar surface area (TPSA) is 72.7 Å². The molecule has 1 amide bonds. The summed E-state index contributed by atoms with van der Waals surface area (Å²) in [7, 11) is 0. The van der Waals surface area contributed by atoms with Crippen molar-refractivity contribution in [3.05, 3.63) is 60.2 Å². The van der Waals surface area contributed by atoms with E-state index in [2.05, 4.69) is 46.5 Å². The summed E-state index contributed by atoms with van der Waals surface area (Å²) in [4.78, 5) is 16.5. The Morgan fingerprint density at radius 3 is 2.74 bits per heavy atom. The molecule has 4 aliphatic carbocycles. The van der Waals surface area contributed by atoms with E-state index in [9.17, 15) is 9.18 Å². The molecule has 6 rings (SSSR count). The highest BCUT2D eigenvalue weighted by atomic mass is 19.1. The van der Waals surface area contributed by atoms with Gasteiger partial charge in [-0.15, -0.1) is 0 Å². The molecular formula is C27H32FN5O. The van der Waals surface area contributed by atoms with Gasteiger partial charge in [0.2, 0.25) is 5.95 Å². The summed E-state index contributed by atoms with van der Waals surface area (Å²) in [6, 6.07) is 1.88. The molecule has 0 spiro atoms. The number of halogens is 1. The molecule has 0 aromatic carbocycles. The molecule has 34 heavy (non-hydrogen) atoms. The van der Waals surface area contributed by atoms with E-state index < -0.39 is 5.95 Å². The van der Waals surface area contributed by atoms with Crippen molar-refractivity contribution >= 4 is 11.6 Å². The number of allylic oxidation sites excluding steroid dienone is 3. The molecule has 178 valence electrons. The van der Waals surface area contributed by atoms with Gasteiger partial charge < -0.3 is 9.88 Å². The van der Waals surface area contributed by atoms with Gasteiger partial charge in [-0.2, -0.15) is 14.6 Å². The number of imidazole rings is 1. The van der Waals surface area contributed by atoms with Crippen LogP contribution in [0.5, 0.6) is 0 Å². The minimum absolute atomic E-state index is 0.0632. The van der Waals surface area contributed by atoms with Crippen LogP contribution in [0.25, 0.3) is 5.70 Å². The molecule has 0 radical (unpaired) electrons. The Bertz CT molecular complexity index is 1170. The molecule has 0 saturated heterocycles. The monoisotopic (exact) mass is 461 g/mol. The minimum atomic E-state index is -0.413. The lowest BCUT2D eigenvalue weighted by Gasteiger charge is -2.58. The van der Waals surface area contributed by atoms with E-state index in [1.165, 1.54) is 30.1 Å². The Balaban J connectivity index is 1.20. The van der Waals surface area contributed by atoms with Crippen LogP contribution in [0.2, 0.25) is 0 Å². The second-order valence-electron chi connectivity index (χ2n) is 11.2. The molecule has 3 unspecified atom stereocenters. The number of rotatable bonds is 3. The van der Waals surface area contributed by atoms with Crippen molar-refractivity contribution in [3.63, 3.8) is 0 Å². The zero-order valence-corrected chi connectivity index (χ0v) is 19.9. The van der Waals surface area contributed by atoms with Gasteiger partial charge in [0.25, 0.3) is 5.91 Å². The number of nitrogens with zero attached hydrogens (tertiary/aromatic N) is 4. The molecule has 6 atom stereocenters. The third-order valence-electron chi connectivity index (χ3n) is 9.65. The molecule has 2 heterocycles. The predicted molar refractivity (Wildman–Crippen MR) is 127 cm³/mol. The van der Waals surface area contributed by atoms with Gasteiger partial charge in [0, 0.05) is 17.2 Å². The molecular weight excluding hydrogens is 429 g/mol. The molecule has 2 saturated carbocycles. The number of amides is 1. The summed E-state index contributed by atoms with van der Waals surface area (Å²) in [6.45, 7) is 4.85. The number of carbonyl (C=O) groups excluding carboxylic acids is 1. The van der Waals surface area contributed by atoms with Crippen LogP contribution in [0.3, 0.4) is 0 Å². The highest BCUT2D eigenvalue weighted by Gasteiger charge is 2.57. The number of aromatic nitrogens is 4. The summed E-state index contributed by atoms with van der Waals surface area (Å²) in [5.41, 5.74) is 3.59. The van der Waals surface area contributed by atoms with Gasteiger partial charge in [-0.05, 0) is 74.2 Å². The fourth-order valence-electron chi connectivity index (χ4n) is 7.85. The van der Waals surface area contributed by atoms with Crippen molar-refractivity contribution in [2.45, 2.75) is 64.8 Å². The molecule has 2 fully saturated rings. The Kier molecular flexibility index (Phi) is 5.01. The smallest absolute Gasteiger partial charge is 0.253 e. The number of nitrogens with one attached hydrogen (secondary N) is 1. The molecule has 0 aliphatic heterocycles. The van der Waals surface area contributed by atoms with E-state index >= 15 is 0 Å². The fraction of sp³-hybridized carbons (Fsp3) is 0.556.